The number of benzene rings is 1. The van der Waals surface area contributed by atoms with Gasteiger partial charge in [0, 0.05) is 54.8 Å². The zero-order valence-corrected chi connectivity index (χ0v) is 21.2. The van der Waals surface area contributed by atoms with Crippen LogP contribution in [0.4, 0.5) is 0 Å². The number of carbonyl (C=O) groups excluding carboxylic acids is 1. The SMILES string of the molecule is C=CC(=O)N1CCC(c2[nH]c3nnc(-c4ccccc4O)cc3c2C2CCC(N3CCOCC3)CC2)C1. The summed E-state index contributed by atoms with van der Waals surface area (Å²) in [6, 6.07) is 9.98. The maximum Gasteiger partial charge on any atom is 0.245 e. The molecule has 8 heteroatoms. The van der Waals surface area contributed by atoms with Crippen LogP contribution in [0.2, 0.25) is 0 Å². The first-order valence-corrected chi connectivity index (χ1v) is 13.5. The number of phenolic OH excluding ortho intramolecular Hbond substituents is 1. The van der Waals surface area contributed by atoms with Crippen LogP contribution in [0.25, 0.3) is 22.3 Å². The van der Waals surface area contributed by atoms with E-state index in [0.717, 1.165) is 63.1 Å². The van der Waals surface area contributed by atoms with Gasteiger partial charge in [-0.25, -0.2) is 0 Å². The number of fused-ring (bicyclic) bond motifs is 1. The average molecular weight is 502 g/mol. The van der Waals surface area contributed by atoms with Crippen LogP contribution < -0.4 is 0 Å². The second-order valence-electron chi connectivity index (χ2n) is 10.6. The number of H-pyrrole nitrogens is 1. The maximum atomic E-state index is 12.3. The third-order valence-corrected chi connectivity index (χ3v) is 8.56. The lowest BCUT2D eigenvalue weighted by atomic mass is 9.78. The zero-order chi connectivity index (χ0) is 25.4. The summed E-state index contributed by atoms with van der Waals surface area (Å²) in [5, 5.41) is 20.6. The molecule has 1 aromatic carbocycles. The third-order valence-electron chi connectivity index (χ3n) is 8.56. The topological polar surface area (TPSA) is 94.6 Å². The number of rotatable bonds is 5. The second kappa shape index (κ2) is 10.3. The zero-order valence-electron chi connectivity index (χ0n) is 21.2. The van der Waals surface area contributed by atoms with Crippen molar-refractivity contribution in [2.45, 2.75) is 50.0 Å². The van der Waals surface area contributed by atoms with Crippen molar-refractivity contribution in [1.29, 1.82) is 0 Å². The number of aromatic amines is 1. The van der Waals surface area contributed by atoms with Gasteiger partial charge in [0.1, 0.15) is 5.75 Å². The van der Waals surface area contributed by atoms with E-state index in [1.54, 1.807) is 6.07 Å². The van der Waals surface area contributed by atoms with E-state index in [-0.39, 0.29) is 17.6 Å². The highest BCUT2D eigenvalue weighted by Gasteiger charge is 2.35. The standard InChI is InChI=1S/C29H35N5O3/c1-2-26(36)34-12-11-20(18-34)28-27(19-7-9-21(10-8-19)33-13-15-37-16-14-33)23-17-24(31-32-29(23)30-28)22-5-3-4-6-25(22)35/h2-6,17,19-21,35H,1,7-16,18H2,(H,30,32). The molecule has 2 N–H and O–H groups in total. The number of aromatic nitrogens is 3. The number of hydrogen-bond donors (Lipinski definition) is 2. The lowest BCUT2D eigenvalue weighted by molar-refractivity contribution is -0.125. The molecule has 6 rings (SSSR count). The Hall–Kier alpha value is -3.23. The molecule has 3 aliphatic rings. The van der Waals surface area contributed by atoms with E-state index in [2.05, 4.69) is 32.7 Å². The van der Waals surface area contributed by atoms with Crippen LogP contribution in [0.3, 0.4) is 0 Å². The number of carbonyl (C=O) groups is 1. The lowest BCUT2D eigenvalue weighted by Gasteiger charge is -2.39. The van der Waals surface area contributed by atoms with E-state index >= 15 is 0 Å². The molecule has 2 aliphatic heterocycles. The van der Waals surface area contributed by atoms with Crippen LogP contribution in [0.5, 0.6) is 5.75 Å². The molecular formula is C29H35N5O3. The van der Waals surface area contributed by atoms with Gasteiger partial charge in [0.25, 0.3) is 0 Å². The summed E-state index contributed by atoms with van der Waals surface area (Å²) in [4.78, 5) is 20.4. The number of ether oxygens (including phenoxy) is 1. The number of hydrogen-bond acceptors (Lipinski definition) is 6. The van der Waals surface area contributed by atoms with Gasteiger partial charge < -0.3 is 19.7 Å². The fourth-order valence-electron chi connectivity index (χ4n) is 6.61. The number of likely N-dealkylation sites (tertiary alicyclic amines) is 1. The highest BCUT2D eigenvalue weighted by atomic mass is 16.5. The van der Waals surface area contributed by atoms with Crippen molar-refractivity contribution in [2.75, 3.05) is 39.4 Å². The minimum absolute atomic E-state index is 0.00666. The Morgan fingerprint density at radius 1 is 1.05 bits per heavy atom. The monoisotopic (exact) mass is 501 g/mol. The predicted octanol–water partition coefficient (Wildman–Crippen LogP) is 4.19. The third kappa shape index (κ3) is 4.64. The first-order chi connectivity index (χ1) is 18.1. The molecule has 1 amide bonds. The van der Waals surface area contributed by atoms with Gasteiger partial charge in [-0.1, -0.05) is 18.7 Å². The van der Waals surface area contributed by atoms with Crippen LogP contribution in [0.15, 0.2) is 43.0 Å². The van der Waals surface area contributed by atoms with E-state index in [1.165, 1.54) is 30.2 Å². The number of para-hydroxylation sites is 1. The van der Waals surface area contributed by atoms with Gasteiger partial charge in [0.15, 0.2) is 5.65 Å². The Kier molecular flexibility index (Phi) is 6.69. The van der Waals surface area contributed by atoms with Gasteiger partial charge in [-0.2, -0.15) is 0 Å². The summed E-state index contributed by atoms with van der Waals surface area (Å²) in [5.41, 5.74) is 4.68. The molecule has 194 valence electrons. The summed E-state index contributed by atoms with van der Waals surface area (Å²) in [5.74, 6) is 0.854. The van der Waals surface area contributed by atoms with Crippen LogP contribution in [0, 0.1) is 0 Å². The second-order valence-corrected chi connectivity index (χ2v) is 10.6. The van der Waals surface area contributed by atoms with Gasteiger partial charge in [-0.05, 0) is 67.9 Å². The Morgan fingerprint density at radius 3 is 2.59 bits per heavy atom. The number of phenols is 1. The molecule has 0 radical (unpaired) electrons. The molecule has 3 aromatic rings. The average Bonchev–Trinajstić information content (AvgIpc) is 3.58. The molecule has 1 unspecified atom stereocenters. The number of amides is 1. The highest BCUT2D eigenvalue weighted by Crippen LogP contribution is 2.44. The summed E-state index contributed by atoms with van der Waals surface area (Å²) in [6.45, 7) is 8.83. The molecule has 0 spiro atoms. The van der Waals surface area contributed by atoms with Crippen LogP contribution in [-0.4, -0.2) is 81.4 Å². The molecule has 8 nitrogen and oxygen atoms in total. The lowest BCUT2D eigenvalue weighted by Crippen LogP contribution is -2.44. The van der Waals surface area contributed by atoms with Gasteiger partial charge in [0.2, 0.25) is 5.91 Å². The molecule has 3 fully saturated rings. The molecule has 2 saturated heterocycles. The normalized spacial score (nSPS) is 25.0. The van der Waals surface area contributed by atoms with Gasteiger partial charge in [-0.15, -0.1) is 10.2 Å². The minimum Gasteiger partial charge on any atom is -0.507 e. The quantitative estimate of drug-likeness (QED) is 0.509. The number of morpholine rings is 1. The fourth-order valence-corrected chi connectivity index (χ4v) is 6.61. The van der Waals surface area contributed by atoms with E-state index in [1.807, 2.05) is 23.1 Å². The van der Waals surface area contributed by atoms with Crippen LogP contribution >= 0.6 is 0 Å². The van der Waals surface area contributed by atoms with Crippen LogP contribution in [0.1, 0.15) is 55.2 Å². The largest absolute Gasteiger partial charge is 0.507 e. The summed E-state index contributed by atoms with van der Waals surface area (Å²) in [6.07, 6.45) is 6.92. The van der Waals surface area contributed by atoms with Gasteiger partial charge >= 0.3 is 0 Å². The van der Waals surface area contributed by atoms with Crippen molar-refractivity contribution in [3.63, 3.8) is 0 Å². The first kappa shape index (κ1) is 24.1. The number of nitrogens with zero attached hydrogens (tertiary/aromatic N) is 4. The number of aromatic hydroxyl groups is 1. The summed E-state index contributed by atoms with van der Waals surface area (Å²) in [7, 11) is 0. The van der Waals surface area contributed by atoms with Crippen molar-refractivity contribution in [1.82, 2.24) is 25.0 Å². The van der Waals surface area contributed by atoms with Crippen LogP contribution in [-0.2, 0) is 9.53 Å². The molecule has 1 aliphatic carbocycles. The minimum atomic E-state index is -0.00666. The summed E-state index contributed by atoms with van der Waals surface area (Å²) >= 11 is 0. The van der Waals surface area contributed by atoms with E-state index in [4.69, 9.17) is 4.74 Å². The molecule has 1 atom stereocenters. The predicted molar refractivity (Wildman–Crippen MR) is 143 cm³/mol. The number of nitrogens with one attached hydrogen (secondary N) is 1. The highest BCUT2D eigenvalue weighted by molar-refractivity contribution is 5.88. The maximum absolute atomic E-state index is 12.3. The van der Waals surface area contributed by atoms with Gasteiger partial charge in [0.05, 0.1) is 18.9 Å². The Morgan fingerprint density at radius 2 is 1.84 bits per heavy atom. The van der Waals surface area contributed by atoms with Crippen molar-refractivity contribution < 1.29 is 14.6 Å². The molecule has 2 aromatic heterocycles. The molecule has 37 heavy (non-hydrogen) atoms. The van der Waals surface area contributed by atoms with Gasteiger partial charge in [-0.3, -0.25) is 9.69 Å². The van der Waals surface area contributed by atoms with E-state index in [0.29, 0.717) is 29.8 Å². The van der Waals surface area contributed by atoms with E-state index < -0.39 is 0 Å². The Labute approximate surface area is 217 Å². The fraction of sp³-hybridized carbons (Fsp3) is 0.483. The Bertz CT molecular complexity index is 1290. The first-order valence-electron chi connectivity index (χ1n) is 13.5. The molecule has 4 heterocycles. The summed E-state index contributed by atoms with van der Waals surface area (Å²) < 4.78 is 5.57. The van der Waals surface area contributed by atoms with Crippen molar-refractivity contribution in [3.05, 3.63) is 54.2 Å². The van der Waals surface area contributed by atoms with Crippen molar-refractivity contribution in [3.8, 4) is 17.0 Å². The Balaban J connectivity index is 1.35. The molecule has 1 saturated carbocycles. The van der Waals surface area contributed by atoms with E-state index in [9.17, 15) is 9.90 Å². The van der Waals surface area contributed by atoms with Crippen molar-refractivity contribution in [2.24, 2.45) is 0 Å². The smallest absolute Gasteiger partial charge is 0.245 e. The van der Waals surface area contributed by atoms with Crippen molar-refractivity contribution >= 4 is 16.9 Å². The molecular weight excluding hydrogens is 466 g/mol. The molecule has 0 bridgehead atoms.